The summed E-state index contributed by atoms with van der Waals surface area (Å²) in [6.07, 6.45) is 1.00. The lowest BCUT2D eigenvalue weighted by atomic mass is 10.1. The number of halogens is 1. The van der Waals surface area contributed by atoms with Crippen molar-refractivity contribution in [3.63, 3.8) is 0 Å². The summed E-state index contributed by atoms with van der Waals surface area (Å²) in [5, 5.41) is 11.9. The molecular weight excluding hydrogens is 382 g/mol. The zero-order valence-corrected chi connectivity index (χ0v) is 16.5. The number of likely N-dealkylation sites (N-methyl/N-ethyl adjacent to an activating group) is 1. The van der Waals surface area contributed by atoms with Crippen molar-refractivity contribution in [1.82, 2.24) is 14.5 Å². The van der Waals surface area contributed by atoms with Gasteiger partial charge in [-0.2, -0.15) is 4.31 Å². The number of aliphatic hydroxyl groups is 1. The highest BCUT2D eigenvalue weighted by atomic mass is 35.5. The summed E-state index contributed by atoms with van der Waals surface area (Å²) >= 11 is 5.86. The van der Waals surface area contributed by atoms with Crippen LogP contribution in [-0.2, 0) is 26.2 Å². The van der Waals surface area contributed by atoms with Crippen LogP contribution in [0.4, 0.5) is 0 Å². The molecular formula is C16H24ClN3O5S. The van der Waals surface area contributed by atoms with E-state index in [0.29, 0.717) is 5.02 Å². The number of carbonyl (C=O) groups excluding carboxylic acids is 2. The lowest BCUT2D eigenvalue weighted by Gasteiger charge is -2.30. The SMILES string of the molecule is CC(C(=O)NCCO)N(Cc1ccc(Cl)cc1)C(=O)CN(C)S(C)(=O)=O. The first-order chi connectivity index (χ1) is 12.1. The van der Waals surface area contributed by atoms with Gasteiger partial charge in [0.1, 0.15) is 6.04 Å². The maximum absolute atomic E-state index is 12.7. The summed E-state index contributed by atoms with van der Waals surface area (Å²) in [5.74, 6) is -0.956. The van der Waals surface area contributed by atoms with E-state index in [0.717, 1.165) is 16.1 Å². The molecule has 10 heteroatoms. The van der Waals surface area contributed by atoms with Crippen molar-refractivity contribution < 1.29 is 23.1 Å². The molecule has 1 aromatic rings. The van der Waals surface area contributed by atoms with Crippen molar-refractivity contribution in [1.29, 1.82) is 0 Å². The summed E-state index contributed by atoms with van der Waals surface area (Å²) in [6, 6.07) is 5.93. The van der Waals surface area contributed by atoms with Crippen LogP contribution in [0, 0.1) is 0 Å². The Morgan fingerprint density at radius 3 is 2.35 bits per heavy atom. The van der Waals surface area contributed by atoms with Crippen LogP contribution in [0.2, 0.25) is 5.02 Å². The Kier molecular flexibility index (Phi) is 8.48. The molecule has 0 spiro atoms. The summed E-state index contributed by atoms with van der Waals surface area (Å²) < 4.78 is 24.0. The largest absolute Gasteiger partial charge is 0.395 e. The maximum atomic E-state index is 12.7. The average Bonchev–Trinajstić information content (AvgIpc) is 2.57. The highest BCUT2D eigenvalue weighted by Crippen LogP contribution is 2.14. The number of rotatable bonds is 9. The number of sulfonamides is 1. The van der Waals surface area contributed by atoms with Gasteiger partial charge in [0.2, 0.25) is 21.8 Å². The van der Waals surface area contributed by atoms with Crippen molar-refractivity contribution in [3.8, 4) is 0 Å². The first kappa shape index (κ1) is 22.4. The summed E-state index contributed by atoms with van der Waals surface area (Å²) in [4.78, 5) is 26.2. The molecule has 1 atom stereocenters. The van der Waals surface area contributed by atoms with E-state index in [-0.39, 0.29) is 26.2 Å². The third-order valence-corrected chi connectivity index (χ3v) is 5.28. The first-order valence-electron chi connectivity index (χ1n) is 7.90. The van der Waals surface area contributed by atoms with Crippen molar-refractivity contribution in [3.05, 3.63) is 34.9 Å². The number of nitrogens with one attached hydrogen (secondary N) is 1. The lowest BCUT2D eigenvalue weighted by molar-refractivity contribution is -0.140. The molecule has 0 saturated heterocycles. The molecule has 0 aliphatic carbocycles. The average molecular weight is 406 g/mol. The number of nitrogens with zero attached hydrogens (tertiary/aromatic N) is 2. The van der Waals surface area contributed by atoms with E-state index in [4.69, 9.17) is 16.7 Å². The van der Waals surface area contributed by atoms with Gasteiger partial charge in [0.15, 0.2) is 0 Å². The van der Waals surface area contributed by atoms with Crippen molar-refractivity contribution in [2.24, 2.45) is 0 Å². The van der Waals surface area contributed by atoms with Crippen molar-refractivity contribution in [2.75, 3.05) is 33.0 Å². The number of aliphatic hydroxyl groups excluding tert-OH is 1. The molecule has 26 heavy (non-hydrogen) atoms. The molecule has 146 valence electrons. The number of amides is 2. The van der Waals surface area contributed by atoms with Gasteiger partial charge in [0.05, 0.1) is 19.4 Å². The molecule has 0 aliphatic rings. The second kappa shape index (κ2) is 9.86. The van der Waals surface area contributed by atoms with Gasteiger partial charge in [-0.25, -0.2) is 8.42 Å². The highest BCUT2D eigenvalue weighted by Gasteiger charge is 2.28. The molecule has 0 aliphatic heterocycles. The van der Waals surface area contributed by atoms with Crippen LogP contribution in [-0.4, -0.2) is 73.6 Å². The van der Waals surface area contributed by atoms with Gasteiger partial charge in [-0.1, -0.05) is 23.7 Å². The first-order valence-corrected chi connectivity index (χ1v) is 10.1. The number of benzene rings is 1. The summed E-state index contributed by atoms with van der Waals surface area (Å²) in [7, 11) is -2.24. The molecule has 0 saturated carbocycles. The summed E-state index contributed by atoms with van der Waals surface area (Å²) in [5.41, 5.74) is 0.742. The van der Waals surface area contributed by atoms with Gasteiger partial charge in [-0.05, 0) is 24.6 Å². The zero-order chi connectivity index (χ0) is 19.9. The predicted octanol–water partition coefficient (Wildman–Crippen LogP) is 0.0570. The number of carbonyl (C=O) groups is 2. The van der Waals surface area contributed by atoms with E-state index >= 15 is 0 Å². The van der Waals surface area contributed by atoms with Gasteiger partial charge in [-0.15, -0.1) is 0 Å². The molecule has 1 unspecified atom stereocenters. The van der Waals surface area contributed by atoms with Crippen LogP contribution in [0.15, 0.2) is 24.3 Å². The van der Waals surface area contributed by atoms with E-state index in [9.17, 15) is 18.0 Å². The Labute approximate surface area is 158 Å². The fraction of sp³-hybridized carbons (Fsp3) is 0.500. The third kappa shape index (κ3) is 6.91. The standard InChI is InChI=1S/C16H24ClN3O5S/c1-12(16(23)18-8-9-21)20(10-13-4-6-14(17)7-5-13)15(22)11-19(2)26(3,24)25/h4-7,12,21H,8-11H2,1-3H3,(H,18,23). The van der Waals surface area contributed by atoms with Gasteiger partial charge >= 0.3 is 0 Å². The van der Waals surface area contributed by atoms with Gasteiger partial charge < -0.3 is 15.3 Å². The molecule has 2 amide bonds. The van der Waals surface area contributed by atoms with Gasteiger partial charge in [0, 0.05) is 25.2 Å². The normalized spacial score (nSPS) is 12.7. The molecule has 1 rings (SSSR count). The zero-order valence-electron chi connectivity index (χ0n) is 15.0. The van der Waals surface area contributed by atoms with Crippen molar-refractivity contribution in [2.45, 2.75) is 19.5 Å². The van der Waals surface area contributed by atoms with E-state index in [1.165, 1.54) is 11.9 Å². The van der Waals surface area contributed by atoms with Crippen molar-refractivity contribution >= 4 is 33.4 Å². The Bertz CT molecular complexity index is 724. The van der Waals surface area contributed by atoms with Crippen LogP contribution < -0.4 is 5.32 Å². The maximum Gasteiger partial charge on any atom is 0.242 e. The van der Waals surface area contributed by atoms with Crippen LogP contribution >= 0.6 is 11.6 Å². The van der Waals surface area contributed by atoms with E-state index in [1.807, 2.05) is 0 Å². The lowest BCUT2D eigenvalue weighted by Crippen LogP contribution is -2.50. The molecule has 0 fully saturated rings. The van der Waals surface area contributed by atoms with E-state index < -0.39 is 27.9 Å². The molecule has 8 nitrogen and oxygen atoms in total. The van der Waals surface area contributed by atoms with Crippen LogP contribution in [0.3, 0.4) is 0 Å². The molecule has 0 heterocycles. The molecule has 0 aromatic heterocycles. The van der Waals surface area contributed by atoms with E-state index in [2.05, 4.69) is 5.32 Å². The van der Waals surface area contributed by atoms with Gasteiger partial charge in [0.25, 0.3) is 0 Å². The fourth-order valence-corrected chi connectivity index (χ4v) is 2.57. The summed E-state index contributed by atoms with van der Waals surface area (Å²) in [6.45, 7) is 1.11. The van der Waals surface area contributed by atoms with Crippen LogP contribution in [0.1, 0.15) is 12.5 Å². The Morgan fingerprint density at radius 2 is 1.85 bits per heavy atom. The topological polar surface area (TPSA) is 107 Å². The monoisotopic (exact) mass is 405 g/mol. The molecule has 0 radical (unpaired) electrons. The Balaban J connectivity index is 3.01. The Hall–Kier alpha value is -1.68. The second-order valence-electron chi connectivity index (χ2n) is 5.86. The fourth-order valence-electron chi connectivity index (χ4n) is 2.09. The minimum absolute atomic E-state index is 0.0649. The van der Waals surface area contributed by atoms with Crippen LogP contribution in [0.5, 0.6) is 0 Å². The van der Waals surface area contributed by atoms with E-state index in [1.54, 1.807) is 31.2 Å². The minimum atomic E-state index is -3.54. The smallest absolute Gasteiger partial charge is 0.242 e. The number of hydrogen-bond acceptors (Lipinski definition) is 5. The molecule has 1 aromatic carbocycles. The molecule has 0 bridgehead atoms. The predicted molar refractivity (Wildman–Crippen MR) is 99.0 cm³/mol. The van der Waals surface area contributed by atoms with Gasteiger partial charge in [-0.3, -0.25) is 9.59 Å². The second-order valence-corrected chi connectivity index (χ2v) is 8.38. The third-order valence-electron chi connectivity index (χ3n) is 3.77. The Morgan fingerprint density at radius 1 is 1.27 bits per heavy atom. The molecule has 2 N–H and O–H groups in total. The van der Waals surface area contributed by atoms with Crippen LogP contribution in [0.25, 0.3) is 0 Å². The quantitative estimate of drug-likeness (QED) is 0.604. The highest BCUT2D eigenvalue weighted by molar-refractivity contribution is 7.88. The number of hydrogen-bond donors (Lipinski definition) is 2. The minimum Gasteiger partial charge on any atom is -0.395 e.